The van der Waals surface area contributed by atoms with Gasteiger partial charge < -0.3 is 14.8 Å². The van der Waals surface area contributed by atoms with Crippen molar-refractivity contribution in [3.8, 4) is 16.9 Å². The number of rotatable bonds is 7. The van der Waals surface area contributed by atoms with Crippen molar-refractivity contribution in [3.05, 3.63) is 83.9 Å². The lowest BCUT2D eigenvalue weighted by Crippen LogP contribution is -2.29. The van der Waals surface area contributed by atoms with Crippen molar-refractivity contribution in [2.24, 2.45) is 4.99 Å². The molecule has 1 amide bonds. The number of amides is 1. The van der Waals surface area contributed by atoms with Gasteiger partial charge in [0.15, 0.2) is 0 Å². The number of ether oxygens (including phenoxy) is 2. The lowest BCUT2D eigenvalue weighted by atomic mass is 9.98. The fourth-order valence-electron chi connectivity index (χ4n) is 3.64. The number of isocyanates is 1. The first-order valence-electron chi connectivity index (χ1n) is 9.66. The topological polar surface area (TPSA) is 77.0 Å². The molecule has 0 saturated carbocycles. The van der Waals surface area contributed by atoms with E-state index in [1.165, 1.54) is 28.3 Å². The quantitative estimate of drug-likeness (QED) is 0.358. The van der Waals surface area contributed by atoms with E-state index in [4.69, 9.17) is 9.47 Å². The number of nitrogens with one attached hydrogen (secondary N) is 1. The van der Waals surface area contributed by atoms with E-state index in [1.807, 2.05) is 24.3 Å². The van der Waals surface area contributed by atoms with E-state index in [9.17, 15) is 9.59 Å². The third-order valence-electron chi connectivity index (χ3n) is 5.00. The van der Waals surface area contributed by atoms with Gasteiger partial charge in [-0.25, -0.2) is 9.59 Å². The normalized spacial score (nSPS) is 11.7. The Bertz CT molecular complexity index is 1040. The van der Waals surface area contributed by atoms with Crippen LogP contribution in [0.3, 0.4) is 0 Å². The van der Waals surface area contributed by atoms with Crippen LogP contribution in [0.4, 0.5) is 10.5 Å². The first-order chi connectivity index (χ1) is 14.8. The Kier molecular flexibility index (Phi) is 5.88. The van der Waals surface area contributed by atoms with Crippen molar-refractivity contribution in [3.63, 3.8) is 0 Å². The minimum Gasteiger partial charge on any atom is -0.492 e. The molecule has 3 aromatic carbocycles. The maximum absolute atomic E-state index is 12.1. The Morgan fingerprint density at radius 1 is 0.933 bits per heavy atom. The van der Waals surface area contributed by atoms with Gasteiger partial charge in [-0.1, -0.05) is 48.5 Å². The number of aliphatic imine (C=N–C) groups is 1. The first-order valence-corrected chi connectivity index (χ1v) is 9.66. The van der Waals surface area contributed by atoms with Gasteiger partial charge in [0.2, 0.25) is 6.08 Å². The summed E-state index contributed by atoms with van der Waals surface area (Å²) >= 11 is 0. The number of carbonyl (C=O) groups is 1. The highest BCUT2D eigenvalue weighted by Crippen LogP contribution is 2.44. The van der Waals surface area contributed by atoms with Gasteiger partial charge in [-0.15, -0.1) is 0 Å². The van der Waals surface area contributed by atoms with Gasteiger partial charge >= 0.3 is 6.09 Å². The molecule has 4 rings (SSSR count). The van der Waals surface area contributed by atoms with E-state index in [2.05, 4.69) is 34.6 Å². The van der Waals surface area contributed by atoms with Crippen LogP contribution in [-0.4, -0.2) is 31.9 Å². The molecule has 0 bridgehead atoms. The minimum atomic E-state index is -0.476. The van der Waals surface area contributed by atoms with Crippen LogP contribution in [0.15, 0.2) is 77.8 Å². The van der Waals surface area contributed by atoms with E-state index in [0.717, 1.165) is 0 Å². The third kappa shape index (κ3) is 4.24. The minimum absolute atomic E-state index is 0.0342. The van der Waals surface area contributed by atoms with Gasteiger partial charge in [-0.05, 0) is 46.5 Å². The largest absolute Gasteiger partial charge is 0.492 e. The summed E-state index contributed by atoms with van der Waals surface area (Å²) in [7, 11) is 0. The van der Waals surface area contributed by atoms with Crippen molar-refractivity contribution in [1.82, 2.24) is 5.32 Å². The van der Waals surface area contributed by atoms with Crippen LogP contribution in [0, 0.1) is 0 Å². The standard InChI is InChI=1S/C24H20N2O4/c27-16-26-17-9-11-18(12-10-17)29-14-13-25-24(28)30-15-23-21-7-3-1-5-19(21)20-6-2-4-8-22(20)23/h1-12,23H,13-15H2,(H,25,28). The first kappa shape index (κ1) is 19.4. The van der Waals surface area contributed by atoms with Gasteiger partial charge in [0.25, 0.3) is 0 Å². The second kappa shape index (κ2) is 9.07. The van der Waals surface area contributed by atoms with Crippen LogP contribution in [0.25, 0.3) is 11.1 Å². The van der Waals surface area contributed by atoms with E-state index in [-0.39, 0.29) is 12.5 Å². The highest BCUT2D eigenvalue weighted by molar-refractivity contribution is 5.79. The maximum atomic E-state index is 12.1. The molecular weight excluding hydrogens is 380 g/mol. The zero-order chi connectivity index (χ0) is 20.8. The maximum Gasteiger partial charge on any atom is 0.407 e. The number of hydrogen-bond donors (Lipinski definition) is 1. The summed E-state index contributed by atoms with van der Waals surface area (Å²) in [4.78, 5) is 25.8. The predicted octanol–water partition coefficient (Wildman–Crippen LogP) is 4.57. The molecule has 0 spiro atoms. The molecule has 1 aliphatic carbocycles. The summed E-state index contributed by atoms with van der Waals surface area (Å²) < 4.78 is 11.0. The molecule has 6 nitrogen and oxygen atoms in total. The van der Waals surface area contributed by atoms with Crippen molar-refractivity contribution in [2.75, 3.05) is 19.8 Å². The SMILES string of the molecule is O=C=Nc1ccc(OCCNC(=O)OCC2c3ccccc3-c3ccccc32)cc1. The highest BCUT2D eigenvalue weighted by atomic mass is 16.5. The Balaban J connectivity index is 1.26. The summed E-state index contributed by atoms with van der Waals surface area (Å²) in [6, 6.07) is 23.1. The molecule has 0 unspecified atom stereocenters. The Labute approximate surface area is 174 Å². The van der Waals surface area contributed by atoms with Crippen molar-refractivity contribution < 1.29 is 19.1 Å². The molecule has 30 heavy (non-hydrogen) atoms. The monoisotopic (exact) mass is 400 g/mol. The van der Waals surface area contributed by atoms with Gasteiger partial charge in [0, 0.05) is 5.92 Å². The summed E-state index contributed by atoms with van der Waals surface area (Å²) in [6.45, 7) is 0.880. The molecule has 1 aliphatic rings. The molecule has 1 N–H and O–H groups in total. The van der Waals surface area contributed by atoms with Crippen LogP contribution in [-0.2, 0) is 9.53 Å². The van der Waals surface area contributed by atoms with E-state index in [1.54, 1.807) is 24.3 Å². The lowest BCUT2D eigenvalue weighted by molar-refractivity contribution is 0.141. The smallest absolute Gasteiger partial charge is 0.407 e. The average molecular weight is 400 g/mol. The van der Waals surface area contributed by atoms with Crippen LogP contribution in [0.5, 0.6) is 5.75 Å². The highest BCUT2D eigenvalue weighted by Gasteiger charge is 2.28. The van der Waals surface area contributed by atoms with Crippen LogP contribution in [0.2, 0.25) is 0 Å². The fourth-order valence-corrected chi connectivity index (χ4v) is 3.64. The average Bonchev–Trinajstić information content (AvgIpc) is 3.10. The number of fused-ring (bicyclic) bond motifs is 3. The van der Waals surface area contributed by atoms with Gasteiger partial charge in [0.05, 0.1) is 12.2 Å². The second-order valence-electron chi connectivity index (χ2n) is 6.80. The van der Waals surface area contributed by atoms with Gasteiger partial charge in [-0.3, -0.25) is 0 Å². The molecule has 0 aliphatic heterocycles. The van der Waals surface area contributed by atoms with Crippen LogP contribution in [0.1, 0.15) is 17.0 Å². The fraction of sp³-hybridized carbons (Fsp3) is 0.167. The molecule has 0 radical (unpaired) electrons. The summed E-state index contributed by atoms with van der Waals surface area (Å²) in [5.41, 5.74) is 5.25. The van der Waals surface area contributed by atoms with E-state index in [0.29, 0.717) is 24.6 Å². The number of alkyl carbamates (subject to hydrolysis) is 1. The predicted molar refractivity (Wildman–Crippen MR) is 113 cm³/mol. The number of nitrogens with zero attached hydrogens (tertiary/aromatic N) is 1. The van der Waals surface area contributed by atoms with Gasteiger partial charge in [-0.2, -0.15) is 4.99 Å². The summed E-state index contributed by atoms with van der Waals surface area (Å²) in [6.07, 6.45) is 1.01. The lowest BCUT2D eigenvalue weighted by Gasteiger charge is -2.14. The van der Waals surface area contributed by atoms with E-state index < -0.39 is 6.09 Å². The number of hydrogen-bond acceptors (Lipinski definition) is 5. The zero-order valence-electron chi connectivity index (χ0n) is 16.2. The second-order valence-corrected chi connectivity index (χ2v) is 6.80. The number of carbonyl (C=O) groups excluding carboxylic acids is 2. The third-order valence-corrected chi connectivity index (χ3v) is 5.00. The molecule has 0 atom stereocenters. The Morgan fingerprint density at radius 3 is 2.20 bits per heavy atom. The van der Waals surface area contributed by atoms with Crippen molar-refractivity contribution in [2.45, 2.75) is 5.92 Å². The Morgan fingerprint density at radius 2 is 1.57 bits per heavy atom. The van der Waals surface area contributed by atoms with E-state index >= 15 is 0 Å². The van der Waals surface area contributed by atoms with Crippen LogP contribution < -0.4 is 10.1 Å². The molecule has 0 fully saturated rings. The molecule has 0 heterocycles. The van der Waals surface area contributed by atoms with Crippen molar-refractivity contribution in [1.29, 1.82) is 0 Å². The molecule has 6 heteroatoms. The Hall–Kier alpha value is -3.89. The molecule has 150 valence electrons. The molecule has 0 aromatic heterocycles. The number of benzene rings is 3. The van der Waals surface area contributed by atoms with Crippen LogP contribution >= 0.6 is 0 Å². The molecular formula is C24H20N2O4. The molecule has 0 saturated heterocycles. The van der Waals surface area contributed by atoms with Gasteiger partial charge in [0.1, 0.15) is 19.0 Å². The summed E-state index contributed by atoms with van der Waals surface area (Å²) in [5.74, 6) is 0.654. The van der Waals surface area contributed by atoms with Crippen molar-refractivity contribution >= 4 is 17.9 Å². The molecule has 3 aromatic rings. The zero-order valence-corrected chi connectivity index (χ0v) is 16.2. The summed E-state index contributed by atoms with van der Waals surface area (Å²) in [5, 5.41) is 2.70.